The molecule has 3 aromatic rings. The van der Waals surface area contributed by atoms with Crippen molar-refractivity contribution in [2.24, 2.45) is 0 Å². The van der Waals surface area contributed by atoms with Gasteiger partial charge in [0.25, 0.3) is 11.8 Å². The Bertz CT molecular complexity index is 1360. The molecule has 1 atom stereocenters. The van der Waals surface area contributed by atoms with Gasteiger partial charge < -0.3 is 14.4 Å². The molecule has 6 rings (SSSR count). The van der Waals surface area contributed by atoms with Crippen LogP contribution in [0.25, 0.3) is 5.69 Å². The van der Waals surface area contributed by atoms with E-state index in [-0.39, 0.29) is 36.4 Å². The lowest BCUT2D eigenvalue weighted by Gasteiger charge is -2.32. The summed E-state index contributed by atoms with van der Waals surface area (Å²) in [5, 5.41) is 10.5. The minimum absolute atomic E-state index is 0.161. The molecular weight excluding hydrogens is 464 g/mol. The second kappa shape index (κ2) is 8.70. The van der Waals surface area contributed by atoms with E-state index in [0.717, 1.165) is 18.4 Å². The van der Waals surface area contributed by atoms with Gasteiger partial charge in [-0.3, -0.25) is 24.5 Å². The predicted molar refractivity (Wildman–Crippen MR) is 124 cm³/mol. The van der Waals surface area contributed by atoms with Gasteiger partial charge in [-0.15, -0.1) is 5.10 Å². The van der Waals surface area contributed by atoms with Gasteiger partial charge in [0.2, 0.25) is 11.8 Å². The first kappa shape index (κ1) is 22.1. The number of nitrogens with one attached hydrogen (secondary N) is 1. The van der Waals surface area contributed by atoms with Crippen molar-refractivity contribution in [2.75, 3.05) is 13.1 Å². The van der Waals surface area contributed by atoms with Gasteiger partial charge in [-0.2, -0.15) is 0 Å². The largest absolute Gasteiger partial charge is 0.337 e. The van der Waals surface area contributed by atoms with Crippen LogP contribution in [0.1, 0.15) is 58.1 Å². The van der Waals surface area contributed by atoms with Crippen LogP contribution < -0.4 is 5.32 Å². The van der Waals surface area contributed by atoms with Gasteiger partial charge in [0, 0.05) is 50.1 Å². The molecule has 4 amide bonds. The zero-order chi connectivity index (χ0) is 24.8. The topological polar surface area (TPSA) is 135 Å². The Morgan fingerprint density at radius 1 is 1.08 bits per heavy atom. The fourth-order valence-corrected chi connectivity index (χ4v) is 5.21. The molecular formula is C24H24N8O4. The number of carbonyl (C=O) groups is 4. The van der Waals surface area contributed by atoms with Crippen LogP contribution in [-0.2, 0) is 16.1 Å². The maximum absolute atomic E-state index is 13.0. The number of nitrogens with zero attached hydrogens (tertiary/aromatic N) is 7. The Labute approximate surface area is 205 Å². The van der Waals surface area contributed by atoms with Crippen molar-refractivity contribution >= 4 is 23.6 Å². The molecule has 184 valence electrons. The summed E-state index contributed by atoms with van der Waals surface area (Å²) in [6.45, 7) is 1.53. The van der Waals surface area contributed by atoms with E-state index in [1.54, 1.807) is 29.4 Å². The summed E-state index contributed by atoms with van der Waals surface area (Å²) < 4.78 is 3.60. The molecule has 5 heterocycles. The van der Waals surface area contributed by atoms with Crippen LogP contribution in [-0.4, -0.2) is 77.1 Å². The summed E-state index contributed by atoms with van der Waals surface area (Å²) in [6.07, 6.45) is 9.32. The lowest BCUT2D eigenvalue weighted by Crippen LogP contribution is -2.52. The molecule has 0 aliphatic carbocycles. The number of benzene rings is 1. The molecule has 0 bridgehead atoms. The van der Waals surface area contributed by atoms with Crippen LogP contribution in [0.15, 0.2) is 43.1 Å². The highest BCUT2D eigenvalue weighted by Crippen LogP contribution is 2.29. The van der Waals surface area contributed by atoms with Gasteiger partial charge in [0.1, 0.15) is 6.04 Å². The molecule has 12 heteroatoms. The van der Waals surface area contributed by atoms with Crippen LogP contribution in [0.5, 0.6) is 0 Å². The Kier molecular flexibility index (Phi) is 5.35. The lowest BCUT2D eigenvalue weighted by molar-refractivity contribution is -0.136. The molecule has 12 nitrogen and oxygen atoms in total. The molecule has 2 aromatic heterocycles. The fourth-order valence-electron chi connectivity index (χ4n) is 5.21. The van der Waals surface area contributed by atoms with Gasteiger partial charge in [-0.25, -0.2) is 9.67 Å². The van der Waals surface area contributed by atoms with Gasteiger partial charge in [0.05, 0.1) is 18.2 Å². The lowest BCUT2D eigenvalue weighted by atomic mass is 10.0. The number of likely N-dealkylation sites (tertiary alicyclic amines) is 1. The molecule has 3 aliphatic heterocycles. The van der Waals surface area contributed by atoms with E-state index in [1.165, 1.54) is 9.58 Å². The molecule has 0 radical (unpaired) electrons. The number of piperidine rings is 2. The normalized spacial score (nSPS) is 20.6. The first-order valence-electron chi connectivity index (χ1n) is 11.9. The highest BCUT2D eigenvalue weighted by atomic mass is 16.2. The molecule has 2 saturated heterocycles. The van der Waals surface area contributed by atoms with Crippen molar-refractivity contribution in [3.05, 3.63) is 59.9 Å². The summed E-state index contributed by atoms with van der Waals surface area (Å²) in [6, 6.07) is 4.92. The minimum atomic E-state index is -0.667. The number of imide groups is 1. The first-order valence-corrected chi connectivity index (χ1v) is 11.9. The number of rotatable bonds is 4. The summed E-state index contributed by atoms with van der Waals surface area (Å²) in [7, 11) is 0. The summed E-state index contributed by atoms with van der Waals surface area (Å²) in [4.78, 5) is 57.1. The monoisotopic (exact) mass is 488 g/mol. The fraction of sp³-hybridized carbons (Fsp3) is 0.375. The van der Waals surface area contributed by atoms with Gasteiger partial charge >= 0.3 is 0 Å². The van der Waals surface area contributed by atoms with Crippen molar-refractivity contribution in [3.63, 3.8) is 0 Å². The number of hydrogen-bond acceptors (Lipinski definition) is 7. The maximum atomic E-state index is 13.0. The molecule has 1 unspecified atom stereocenters. The quantitative estimate of drug-likeness (QED) is 0.534. The third-order valence-corrected chi connectivity index (χ3v) is 7.18. The third kappa shape index (κ3) is 3.84. The summed E-state index contributed by atoms with van der Waals surface area (Å²) in [5.41, 5.74) is 2.20. The Morgan fingerprint density at radius 3 is 2.67 bits per heavy atom. The molecule has 1 N–H and O–H groups in total. The van der Waals surface area contributed by atoms with Crippen molar-refractivity contribution < 1.29 is 19.2 Å². The van der Waals surface area contributed by atoms with Crippen LogP contribution in [0.4, 0.5) is 0 Å². The predicted octanol–water partition coefficient (Wildman–Crippen LogP) is 0.702. The van der Waals surface area contributed by atoms with Crippen molar-refractivity contribution in [3.8, 4) is 5.69 Å². The molecule has 0 saturated carbocycles. The number of hydrogen-bond donors (Lipinski definition) is 1. The van der Waals surface area contributed by atoms with Crippen molar-refractivity contribution in [1.29, 1.82) is 0 Å². The van der Waals surface area contributed by atoms with Crippen molar-refractivity contribution in [1.82, 2.24) is 39.7 Å². The van der Waals surface area contributed by atoms with E-state index < -0.39 is 11.9 Å². The summed E-state index contributed by atoms with van der Waals surface area (Å²) in [5.74, 6) is -1.16. The van der Waals surface area contributed by atoms with Crippen LogP contribution in [0.2, 0.25) is 0 Å². The maximum Gasteiger partial charge on any atom is 0.276 e. The number of carbonyl (C=O) groups excluding carboxylic acids is 4. The second-order valence-corrected chi connectivity index (χ2v) is 9.32. The Hall–Kier alpha value is -4.35. The Balaban J connectivity index is 1.14. The smallest absolute Gasteiger partial charge is 0.276 e. The molecule has 0 spiro atoms. The number of aromatic nitrogens is 5. The van der Waals surface area contributed by atoms with Crippen LogP contribution >= 0.6 is 0 Å². The zero-order valence-electron chi connectivity index (χ0n) is 19.4. The van der Waals surface area contributed by atoms with E-state index in [2.05, 4.69) is 25.2 Å². The molecule has 3 aliphatic rings. The first-order chi connectivity index (χ1) is 17.5. The van der Waals surface area contributed by atoms with Crippen LogP contribution in [0, 0.1) is 0 Å². The zero-order valence-corrected chi connectivity index (χ0v) is 19.4. The van der Waals surface area contributed by atoms with Gasteiger partial charge in [-0.05, 0) is 43.0 Å². The second-order valence-electron chi connectivity index (χ2n) is 9.32. The van der Waals surface area contributed by atoms with E-state index in [4.69, 9.17) is 0 Å². The standard InChI is InChI=1S/C24H24N8O4/c33-21-4-3-20(22(34)26-21)31-12-15-11-17(1-2-18(15)23(31)35)32-13-19(27-28-32)24(36)29-8-5-16(6-9-29)30-10-7-25-14-30/h1-2,7,10-11,13-14,16,20H,3-6,8-9,12H2,(H,26,33,34). The van der Waals surface area contributed by atoms with E-state index >= 15 is 0 Å². The van der Waals surface area contributed by atoms with E-state index in [1.807, 2.05) is 18.6 Å². The number of imidazole rings is 1. The van der Waals surface area contributed by atoms with E-state index in [0.29, 0.717) is 36.8 Å². The minimum Gasteiger partial charge on any atom is -0.337 e. The Morgan fingerprint density at radius 2 is 1.92 bits per heavy atom. The number of amides is 4. The average Bonchev–Trinajstić information content (AvgIpc) is 3.65. The molecule has 1 aromatic carbocycles. The highest BCUT2D eigenvalue weighted by molar-refractivity contribution is 6.05. The SMILES string of the molecule is O=C1CCC(N2Cc3cc(-n4cc(C(=O)N5CCC(n6ccnc6)CC5)nn4)ccc3C2=O)C(=O)N1. The van der Waals surface area contributed by atoms with Gasteiger partial charge in [-0.1, -0.05) is 5.21 Å². The van der Waals surface area contributed by atoms with Crippen molar-refractivity contribution in [2.45, 2.75) is 44.3 Å². The molecule has 36 heavy (non-hydrogen) atoms. The third-order valence-electron chi connectivity index (χ3n) is 7.18. The molecule has 2 fully saturated rings. The summed E-state index contributed by atoms with van der Waals surface area (Å²) >= 11 is 0. The number of fused-ring (bicyclic) bond motifs is 1. The average molecular weight is 489 g/mol. The van der Waals surface area contributed by atoms with Gasteiger partial charge in [0.15, 0.2) is 5.69 Å². The van der Waals surface area contributed by atoms with Crippen LogP contribution in [0.3, 0.4) is 0 Å². The highest BCUT2D eigenvalue weighted by Gasteiger charge is 2.39. The van der Waals surface area contributed by atoms with E-state index in [9.17, 15) is 19.2 Å².